The van der Waals surface area contributed by atoms with Crippen molar-refractivity contribution in [2.24, 2.45) is 4.99 Å². The summed E-state index contributed by atoms with van der Waals surface area (Å²) in [6.07, 6.45) is 2.53. The van der Waals surface area contributed by atoms with Crippen LogP contribution in [0, 0.1) is 0 Å². The Bertz CT molecular complexity index is 622. The first-order valence-corrected chi connectivity index (χ1v) is 10.8. The van der Waals surface area contributed by atoms with Crippen LogP contribution < -0.4 is 10.6 Å². The van der Waals surface area contributed by atoms with Gasteiger partial charge >= 0.3 is 6.09 Å². The number of halogens is 1. The molecule has 0 bridgehead atoms. The summed E-state index contributed by atoms with van der Waals surface area (Å²) in [7, 11) is 0. The molecule has 0 aromatic heterocycles. The number of guanidine groups is 1. The van der Waals surface area contributed by atoms with E-state index in [9.17, 15) is 4.79 Å². The topological polar surface area (TPSA) is 75.2 Å². The molecule has 0 saturated carbocycles. The minimum absolute atomic E-state index is 0. The van der Waals surface area contributed by atoms with Gasteiger partial charge in [-0.15, -0.1) is 24.0 Å². The van der Waals surface area contributed by atoms with Crippen molar-refractivity contribution in [1.29, 1.82) is 0 Å². The summed E-state index contributed by atoms with van der Waals surface area (Å²) >= 11 is 0. The SMILES string of the molecule is CCNC(=NCCCOC(C)c1ccccc1)NC1CCN(C(=O)OCC)CC1.I. The minimum atomic E-state index is -0.212. The summed E-state index contributed by atoms with van der Waals surface area (Å²) in [5, 5.41) is 6.80. The van der Waals surface area contributed by atoms with Gasteiger partial charge in [-0.05, 0) is 45.6 Å². The van der Waals surface area contributed by atoms with Crippen molar-refractivity contribution < 1.29 is 14.3 Å². The number of carbonyl (C=O) groups excluding carboxylic acids is 1. The molecule has 2 N–H and O–H groups in total. The molecule has 1 aliphatic rings. The number of ether oxygens (including phenoxy) is 2. The molecule has 1 aromatic carbocycles. The lowest BCUT2D eigenvalue weighted by atomic mass is 10.1. The Kier molecular flexibility index (Phi) is 13.5. The molecule has 8 heteroatoms. The van der Waals surface area contributed by atoms with E-state index in [1.54, 1.807) is 4.90 Å². The maximum Gasteiger partial charge on any atom is 0.409 e. The zero-order valence-corrected chi connectivity index (χ0v) is 20.8. The van der Waals surface area contributed by atoms with Crippen LogP contribution in [0.1, 0.15) is 51.7 Å². The quantitative estimate of drug-likeness (QED) is 0.218. The average Bonchev–Trinajstić information content (AvgIpc) is 2.74. The van der Waals surface area contributed by atoms with E-state index in [0.717, 1.165) is 31.8 Å². The number of likely N-dealkylation sites (tertiary alicyclic amines) is 1. The molecule has 1 amide bonds. The third kappa shape index (κ3) is 9.51. The fourth-order valence-electron chi connectivity index (χ4n) is 3.27. The monoisotopic (exact) mass is 532 g/mol. The van der Waals surface area contributed by atoms with Crippen molar-refractivity contribution in [3.63, 3.8) is 0 Å². The molecular formula is C22H37IN4O3. The molecule has 7 nitrogen and oxygen atoms in total. The Morgan fingerprint density at radius 1 is 1.23 bits per heavy atom. The first-order valence-electron chi connectivity index (χ1n) is 10.8. The summed E-state index contributed by atoms with van der Waals surface area (Å²) in [4.78, 5) is 18.3. The van der Waals surface area contributed by atoms with Crippen LogP contribution in [-0.4, -0.2) is 62.4 Å². The number of benzene rings is 1. The summed E-state index contributed by atoms with van der Waals surface area (Å²) in [6, 6.07) is 10.6. The van der Waals surface area contributed by atoms with Gasteiger partial charge in [0.15, 0.2) is 5.96 Å². The van der Waals surface area contributed by atoms with Gasteiger partial charge < -0.3 is 25.0 Å². The normalized spacial score (nSPS) is 15.8. The number of nitrogens with one attached hydrogen (secondary N) is 2. The molecular weight excluding hydrogens is 495 g/mol. The number of aliphatic imine (C=N–C) groups is 1. The van der Waals surface area contributed by atoms with E-state index in [2.05, 4.69) is 41.6 Å². The lowest BCUT2D eigenvalue weighted by molar-refractivity contribution is 0.0652. The van der Waals surface area contributed by atoms with Crippen LogP contribution in [0.15, 0.2) is 35.3 Å². The third-order valence-corrected chi connectivity index (χ3v) is 4.92. The third-order valence-electron chi connectivity index (χ3n) is 4.92. The molecule has 0 spiro atoms. The summed E-state index contributed by atoms with van der Waals surface area (Å²) in [5.41, 5.74) is 1.19. The fourth-order valence-corrected chi connectivity index (χ4v) is 3.27. The molecule has 1 saturated heterocycles. The van der Waals surface area contributed by atoms with E-state index in [4.69, 9.17) is 9.47 Å². The maximum absolute atomic E-state index is 11.8. The second-order valence-electron chi connectivity index (χ2n) is 7.14. The minimum Gasteiger partial charge on any atom is -0.450 e. The molecule has 1 aliphatic heterocycles. The molecule has 170 valence electrons. The molecule has 1 atom stereocenters. The lowest BCUT2D eigenvalue weighted by Crippen LogP contribution is -2.49. The summed E-state index contributed by atoms with van der Waals surface area (Å²) in [5.74, 6) is 0.832. The zero-order chi connectivity index (χ0) is 20.9. The molecule has 1 fully saturated rings. The largest absolute Gasteiger partial charge is 0.450 e. The van der Waals surface area contributed by atoms with Crippen molar-refractivity contribution in [3.8, 4) is 0 Å². The van der Waals surface area contributed by atoms with E-state index in [1.807, 2.05) is 25.1 Å². The summed E-state index contributed by atoms with van der Waals surface area (Å²) < 4.78 is 11.0. The van der Waals surface area contributed by atoms with Crippen molar-refractivity contribution in [1.82, 2.24) is 15.5 Å². The highest BCUT2D eigenvalue weighted by atomic mass is 127. The van der Waals surface area contributed by atoms with E-state index in [-0.39, 0.29) is 36.2 Å². The number of carbonyl (C=O) groups is 1. The first kappa shape index (κ1) is 26.5. The van der Waals surface area contributed by atoms with Gasteiger partial charge in [0, 0.05) is 38.8 Å². The number of hydrogen-bond donors (Lipinski definition) is 2. The Hall–Kier alpha value is -1.55. The highest BCUT2D eigenvalue weighted by Crippen LogP contribution is 2.16. The standard InChI is InChI=1S/C22H36N4O3.HI/c1-4-23-21(25-20-12-15-26(16-13-20)22(27)28-5-2)24-14-9-17-29-18(3)19-10-7-6-8-11-19;/h6-8,10-11,18,20H,4-5,9,12-17H2,1-3H3,(H2,23,24,25);1H. The first-order chi connectivity index (χ1) is 14.1. The van der Waals surface area contributed by atoms with E-state index < -0.39 is 0 Å². The van der Waals surface area contributed by atoms with Gasteiger partial charge in [-0.3, -0.25) is 4.99 Å². The Morgan fingerprint density at radius 2 is 1.93 bits per heavy atom. The molecule has 0 aliphatic carbocycles. The predicted molar refractivity (Wildman–Crippen MR) is 132 cm³/mol. The number of hydrogen-bond acceptors (Lipinski definition) is 4. The van der Waals surface area contributed by atoms with Crippen LogP contribution in [-0.2, 0) is 9.47 Å². The second kappa shape index (κ2) is 15.3. The molecule has 1 unspecified atom stereocenters. The van der Waals surface area contributed by atoms with Crippen molar-refractivity contribution in [2.75, 3.05) is 39.4 Å². The number of amides is 1. The van der Waals surface area contributed by atoms with E-state index in [1.165, 1.54) is 5.56 Å². The molecule has 0 radical (unpaired) electrons. The van der Waals surface area contributed by atoms with Crippen LogP contribution in [0.5, 0.6) is 0 Å². The molecule has 30 heavy (non-hydrogen) atoms. The van der Waals surface area contributed by atoms with Crippen molar-refractivity contribution >= 4 is 36.0 Å². The van der Waals surface area contributed by atoms with Crippen LogP contribution >= 0.6 is 24.0 Å². The zero-order valence-electron chi connectivity index (χ0n) is 18.4. The number of piperidine rings is 1. The molecule has 2 rings (SSSR count). The second-order valence-corrected chi connectivity index (χ2v) is 7.14. The summed E-state index contributed by atoms with van der Waals surface area (Å²) in [6.45, 7) is 10.0. The van der Waals surface area contributed by atoms with Crippen molar-refractivity contribution in [3.05, 3.63) is 35.9 Å². The lowest BCUT2D eigenvalue weighted by Gasteiger charge is -2.32. The van der Waals surface area contributed by atoms with Gasteiger partial charge in [-0.1, -0.05) is 30.3 Å². The van der Waals surface area contributed by atoms with Gasteiger partial charge in [0.2, 0.25) is 0 Å². The number of rotatable bonds is 9. The van der Waals surface area contributed by atoms with Gasteiger partial charge in [-0.25, -0.2) is 4.79 Å². The van der Waals surface area contributed by atoms with Gasteiger partial charge in [0.25, 0.3) is 0 Å². The van der Waals surface area contributed by atoms with Crippen LogP contribution in [0.2, 0.25) is 0 Å². The van der Waals surface area contributed by atoms with E-state index in [0.29, 0.717) is 38.9 Å². The smallest absolute Gasteiger partial charge is 0.409 e. The Morgan fingerprint density at radius 3 is 2.57 bits per heavy atom. The Balaban J connectivity index is 0.00000450. The average molecular weight is 532 g/mol. The number of nitrogens with zero attached hydrogens (tertiary/aromatic N) is 2. The maximum atomic E-state index is 11.8. The van der Waals surface area contributed by atoms with Gasteiger partial charge in [0.1, 0.15) is 0 Å². The fraction of sp³-hybridized carbons (Fsp3) is 0.636. The van der Waals surface area contributed by atoms with Crippen LogP contribution in [0.4, 0.5) is 4.79 Å². The highest BCUT2D eigenvalue weighted by molar-refractivity contribution is 14.0. The predicted octanol–water partition coefficient (Wildman–Crippen LogP) is 3.95. The van der Waals surface area contributed by atoms with Crippen molar-refractivity contribution in [2.45, 2.75) is 52.2 Å². The van der Waals surface area contributed by atoms with Gasteiger partial charge in [-0.2, -0.15) is 0 Å². The van der Waals surface area contributed by atoms with Crippen LogP contribution in [0.25, 0.3) is 0 Å². The molecule has 1 aromatic rings. The highest BCUT2D eigenvalue weighted by Gasteiger charge is 2.23. The van der Waals surface area contributed by atoms with Crippen LogP contribution in [0.3, 0.4) is 0 Å². The molecule has 1 heterocycles. The van der Waals surface area contributed by atoms with E-state index >= 15 is 0 Å². The van der Waals surface area contributed by atoms with Gasteiger partial charge in [0.05, 0.1) is 12.7 Å². The Labute approximate surface area is 198 Å².